The molecule has 0 aliphatic carbocycles. The topological polar surface area (TPSA) is 61.2 Å². The molecule has 26 heavy (non-hydrogen) atoms. The molecule has 0 radical (unpaired) electrons. The van der Waals surface area contributed by atoms with Crippen LogP contribution in [0.15, 0.2) is 35.4 Å². The zero-order chi connectivity index (χ0) is 18.8. The number of carbonyl (C=O) groups excluding carboxylic acids is 1. The second-order valence-corrected chi connectivity index (χ2v) is 7.42. The molecule has 3 rings (SSSR count). The highest BCUT2D eigenvalue weighted by Gasteiger charge is 2.24. The van der Waals surface area contributed by atoms with E-state index in [4.69, 9.17) is 4.74 Å². The minimum Gasteiger partial charge on any atom is -0.464 e. The lowest BCUT2D eigenvalue weighted by Crippen LogP contribution is -2.31. The molecule has 2 aromatic heterocycles. The van der Waals surface area contributed by atoms with Gasteiger partial charge >= 0.3 is 5.97 Å². The van der Waals surface area contributed by atoms with Gasteiger partial charge in [-0.1, -0.05) is 36.8 Å². The number of thiophene rings is 1. The largest absolute Gasteiger partial charge is 0.464 e. The van der Waals surface area contributed by atoms with Gasteiger partial charge in [-0.3, -0.25) is 9.36 Å². The Morgan fingerprint density at radius 1 is 1.23 bits per heavy atom. The van der Waals surface area contributed by atoms with Crippen LogP contribution in [0.25, 0.3) is 21.3 Å². The molecule has 0 amide bonds. The first-order valence-electron chi connectivity index (χ1n) is 8.71. The highest BCUT2D eigenvalue weighted by molar-refractivity contribution is 7.19. The summed E-state index contributed by atoms with van der Waals surface area (Å²) in [6.45, 7) is 7.92. The van der Waals surface area contributed by atoms with Gasteiger partial charge in [-0.25, -0.2) is 9.78 Å². The SMILES string of the molecule is CCOC(=O)C(CC)n1cnc2sc(C)c(-c3ccc(C)cc3)c2c1=O. The van der Waals surface area contributed by atoms with E-state index in [9.17, 15) is 9.59 Å². The Morgan fingerprint density at radius 3 is 2.54 bits per heavy atom. The molecule has 1 aromatic carbocycles. The van der Waals surface area contributed by atoms with Crippen molar-refractivity contribution in [2.75, 3.05) is 6.61 Å². The van der Waals surface area contributed by atoms with Crippen molar-refractivity contribution in [2.45, 2.75) is 40.2 Å². The average molecular weight is 370 g/mol. The van der Waals surface area contributed by atoms with Crippen LogP contribution in [0.5, 0.6) is 0 Å². The molecule has 0 aliphatic heterocycles. The van der Waals surface area contributed by atoms with Crippen molar-refractivity contribution in [3.05, 3.63) is 51.4 Å². The minimum atomic E-state index is -0.662. The molecule has 0 fully saturated rings. The van der Waals surface area contributed by atoms with Crippen LogP contribution in [0, 0.1) is 13.8 Å². The Hall–Kier alpha value is -2.47. The molecular formula is C20H22N2O3S. The number of hydrogen-bond acceptors (Lipinski definition) is 5. The van der Waals surface area contributed by atoms with Gasteiger partial charge in [-0.2, -0.15) is 0 Å². The van der Waals surface area contributed by atoms with Gasteiger partial charge in [-0.05, 0) is 32.8 Å². The van der Waals surface area contributed by atoms with E-state index in [-0.39, 0.29) is 12.2 Å². The third-order valence-corrected chi connectivity index (χ3v) is 5.45. The molecule has 1 atom stereocenters. The first kappa shape index (κ1) is 18.3. The van der Waals surface area contributed by atoms with E-state index in [1.165, 1.54) is 22.2 Å². The second kappa shape index (κ2) is 7.41. The predicted octanol–water partition coefficient (Wildman–Crippen LogP) is 4.26. The van der Waals surface area contributed by atoms with E-state index in [2.05, 4.69) is 4.98 Å². The fraction of sp³-hybridized carbons (Fsp3) is 0.350. The third-order valence-electron chi connectivity index (χ3n) is 4.43. The fourth-order valence-electron chi connectivity index (χ4n) is 3.12. The van der Waals surface area contributed by atoms with Crippen molar-refractivity contribution in [1.82, 2.24) is 9.55 Å². The first-order chi connectivity index (χ1) is 12.5. The summed E-state index contributed by atoms with van der Waals surface area (Å²) in [5.74, 6) is -0.401. The molecule has 0 spiro atoms. The smallest absolute Gasteiger partial charge is 0.329 e. The van der Waals surface area contributed by atoms with Gasteiger partial charge in [0.05, 0.1) is 18.3 Å². The van der Waals surface area contributed by atoms with E-state index in [0.717, 1.165) is 21.6 Å². The molecular weight excluding hydrogens is 348 g/mol. The highest BCUT2D eigenvalue weighted by Crippen LogP contribution is 2.35. The standard InChI is InChI=1S/C20H22N2O3S/c1-5-15(20(24)25-6-2)22-11-21-18-17(19(22)23)16(13(4)26-18)14-9-7-12(3)8-10-14/h7-11,15H,5-6H2,1-4H3. The lowest BCUT2D eigenvalue weighted by molar-refractivity contribution is -0.147. The van der Waals surface area contributed by atoms with Crippen LogP contribution in [0.4, 0.5) is 0 Å². The molecule has 6 heteroatoms. The van der Waals surface area contributed by atoms with Gasteiger partial charge in [0, 0.05) is 10.4 Å². The summed E-state index contributed by atoms with van der Waals surface area (Å²) >= 11 is 1.50. The lowest BCUT2D eigenvalue weighted by Gasteiger charge is -2.16. The molecule has 5 nitrogen and oxygen atoms in total. The van der Waals surface area contributed by atoms with Gasteiger partial charge in [0.1, 0.15) is 10.9 Å². The highest BCUT2D eigenvalue weighted by atomic mass is 32.1. The molecule has 0 aliphatic rings. The third kappa shape index (κ3) is 3.17. The number of esters is 1. The molecule has 0 bridgehead atoms. The fourth-order valence-corrected chi connectivity index (χ4v) is 4.12. The summed E-state index contributed by atoms with van der Waals surface area (Å²) in [4.78, 5) is 31.7. The van der Waals surface area contributed by atoms with Gasteiger partial charge in [-0.15, -0.1) is 11.3 Å². The molecule has 3 aromatic rings. The molecule has 0 saturated heterocycles. The van der Waals surface area contributed by atoms with Crippen molar-refractivity contribution < 1.29 is 9.53 Å². The van der Waals surface area contributed by atoms with Crippen LogP contribution in [-0.4, -0.2) is 22.1 Å². The molecule has 136 valence electrons. The van der Waals surface area contributed by atoms with Crippen molar-refractivity contribution in [3.8, 4) is 11.1 Å². The summed E-state index contributed by atoms with van der Waals surface area (Å²) < 4.78 is 6.53. The lowest BCUT2D eigenvalue weighted by atomic mass is 10.0. The molecule has 2 heterocycles. The number of fused-ring (bicyclic) bond motifs is 1. The summed E-state index contributed by atoms with van der Waals surface area (Å²) in [5, 5.41) is 0.571. The maximum atomic E-state index is 13.2. The van der Waals surface area contributed by atoms with Crippen molar-refractivity contribution in [2.24, 2.45) is 0 Å². The van der Waals surface area contributed by atoms with Gasteiger partial charge in [0.15, 0.2) is 0 Å². The summed E-state index contributed by atoms with van der Waals surface area (Å²) in [6.07, 6.45) is 1.93. The number of hydrogen-bond donors (Lipinski definition) is 0. The number of carbonyl (C=O) groups is 1. The van der Waals surface area contributed by atoms with Crippen LogP contribution < -0.4 is 5.56 Å². The maximum Gasteiger partial charge on any atom is 0.329 e. The first-order valence-corrected chi connectivity index (χ1v) is 9.53. The maximum absolute atomic E-state index is 13.2. The summed E-state index contributed by atoms with van der Waals surface area (Å²) in [7, 11) is 0. The number of aryl methyl sites for hydroxylation is 2. The summed E-state index contributed by atoms with van der Waals surface area (Å²) in [5.41, 5.74) is 2.85. The second-order valence-electron chi connectivity index (χ2n) is 6.21. The number of rotatable bonds is 5. The molecule has 1 unspecified atom stereocenters. The normalized spacial score (nSPS) is 12.3. The number of benzene rings is 1. The van der Waals surface area contributed by atoms with Crippen LogP contribution in [0.3, 0.4) is 0 Å². The Morgan fingerprint density at radius 2 is 1.92 bits per heavy atom. The predicted molar refractivity (Wildman–Crippen MR) is 105 cm³/mol. The van der Waals surface area contributed by atoms with Crippen LogP contribution in [0.2, 0.25) is 0 Å². The number of nitrogens with zero attached hydrogens (tertiary/aromatic N) is 2. The van der Waals surface area contributed by atoms with Gasteiger partial charge in [0.25, 0.3) is 5.56 Å². The zero-order valence-corrected chi connectivity index (χ0v) is 16.2. The minimum absolute atomic E-state index is 0.199. The Kier molecular flexibility index (Phi) is 5.23. The zero-order valence-electron chi connectivity index (χ0n) is 15.4. The van der Waals surface area contributed by atoms with Crippen molar-refractivity contribution in [1.29, 1.82) is 0 Å². The summed E-state index contributed by atoms with van der Waals surface area (Å²) in [6, 6.07) is 7.43. The monoisotopic (exact) mass is 370 g/mol. The Bertz CT molecular complexity index is 1000. The molecule has 0 saturated carbocycles. The number of ether oxygens (including phenoxy) is 1. The van der Waals surface area contributed by atoms with E-state index in [0.29, 0.717) is 16.6 Å². The Labute approximate surface area is 156 Å². The Balaban J connectivity index is 2.22. The van der Waals surface area contributed by atoms with E-state index >= 15 is 0 Å². The van der Waals surface area contributed by atoms with Crippen molar-refractivity contribution in [3.63, 3.8) is 0 Å². The van der Waals surface area contributed by atoms with E-state index in [1.807, 2.05) is 45.0 Å². The van der Waals surface area contributed by atoms with Crippen LogP contribution in [0.1, 0.15) is 36.8 Å². The average Bonchev–Trinajstić information content (AvgIpc) is 2.95. The number of aromatic nitrogens is 2. The van der Waals surface area contributed by atoms with Crippen LogP contribution >= 0.6 is 11.3 Å². The van der Waals surface area contributed by atoms with Crippen molar-refractivity contribution >= 4 is 27.5 Å². The van der Waals surface area contributed by atoms with E-state index < -0.39 is 12.0 Å². The molecule has 0 N–H and O–H groups in total. The van der Waals surface area contributed by atoms with Gasteiger partial charge in [0.2, 0.25) is 0 Å². The quantitative estimate of drug-likeness (QED) is 0.630. The van der Waals surface area contributed by atoms with E-state index in [1.54, 1.807) is 6.92 Å². The van der Waals surface area contributed by atoms with Gasteiger partial charge < -0.3 is 4.74 Å². The van der Waals surface area contributed by atoms with Crippen LogP contribution in [-0.2, 0) is 9.53 Å².